The largest absolute Gasteiger partial charge is 0.288 e. The number of rotatable bonds is 1. The smallest absolute Gasteiger partial charge is 0.127 e. The van der Waals surface area contributed by atoms with Gasteiger partial charge in [0.05, 0.1) is 6.07 Å². The minimum absolute atomic E-state index is 0.321. The van der Waals surface area contributed by atoms with Crippen LogP contribution in [0.1, 0.15) is 19.3 Å². The van der Waals surface area contributed by atoms with Crippen LogP contribution in [0.3, 0.4) is 0 Å². The Kier molecular flexibility index (Phi) is 2.31. The van der Waals surface area contributed by atoms with Gasteiger partial charge in [-0.1, -0.05) is 12.2 Å². The third-order valence-electron chi connectivity index (χ3n) is 2.31. The van der Waals surface area contributed by atoms with Gasteiger partial charge < -0.3 is 0 Å². The molecule has 0 saturated carbocycles. The zero-order valence-electron chi connectivity index (χ0n) is 7.17. The third-order valence-corrected chi connectivity index (χ3v) is 2.31. The molecule has 60 valence electrons. The quantitative estimate of drug-likeness (QED) is 0.530. The molecular formula is C9H14N2. The van der Waals surface area contributed by atoms with Gasteiger partial charge in [-0.3, -0.25) is 4.90 Å². The maximum atomic E-state index is 8.97. The van der Waals surface area contributed by atoms with E-state index in [1.54, 1.807) is 0 Å². The topological polar surface area (TPSA) is 27.0 Å². The molecule has 0 amide bonds. The predicted octanol–water partition coefficient (Wildman–Crippen LogP) is 1.55. The van der Waals surface area contributed by atoms with E-state index in [1.807, 2.05) is 25.1 Å². The third kappa shape index (κ3) is 1.44. The van der Waals surface area contributed by atoms with Crippen molar-refractivity contribution in [2.24, 2.45) is 0 Å². The maximum absolute atomic E-state index is 8.97. The van der Waals surface area contributed by atoms with Gasteiger partial charge in [0, 0.05) is 0 Å². The minimum atomic E-state index is -0.321. The number of nitriles is 1. The van der Waals surface area contributed by atoms with Gasteiger partial charge in [-0.15, -0.1) is 0 Å². The van der Waals surface area contributed by atoms with Crippen LogP contribution in [0.2, 0.25) is 0 Å². The molecule has 1 aliphatic carbocycles. The predicted molar refractivity (Wildman–Crippen MR) is 45.0 cm³/mol. The Balaban J connectivity index is 2.84. The fraction of sp³-hybridized carbons (Fsp3) is 0.667. The molecule has 0 aromatic carbocycles. The summed E-state index contributed by atoms with van der Waals surface area (Å²) in [5.41, 5.74) is -0.321. The Bertz CT molecular complexity index is 200. The minimum Gasteiger partial charge on any atom is -0.288 e. The zero-order valence-corrected chi connectivity index (χ0v) is 7.17. The lowest BCUT2D eigenvalue weighted by molar-refractivity contribution is 0.245. The summed E-state index contributed by atoms with van der Waals surface area (Å²) in [5, 5.41) is 8.97. The molecule has 2 nitrogen and oxygen atoms in total. The van der Waals surface area contributed by atoms with Crippen LogP contribution in [0.15, 0.2) is 12.2 Å². The first-order valence-electron chi connectivity index (χ1n) is 3.98. The van der Waals surface area contributed by atoms with E-state index >= 15 is 0 Å². The molecule has 1 atom stereocenters. The molecule has 2 heteroatoms. The molecule has 1 rings (SSSR count). The van der Waals surface area contributed by atoms with Gasteiger partial charge in [0.25, 0.3) is 0 Å². The van der Waals surface area contributed by atoms with Crippen molar-refractivity contribution in [3.8, 4) is 6.07 Å². The molecule has 0 radical (unpaired) electrons. The Morgan fingerprint density at radius 2 is 2.27 bits per heavy atom. The molecule has 1 unspecified atom stereocenters. The zero-order chi connectivity index (χ0) is 8.32. The molecule has 11 heavy (non-hydrogen) atoms. The lowest BCUT2D eigenvalue weighted by atomic mass is 9.88. The normalized spacial score (nSPS) is 30.4. The van der Waals surface area contributed by atoms with E-state index in [9.17, 15) is 0 Å². The van der Waals surface area contributed by atoms with Crippen LogP contribution < -0.4 is 0 Å². The highest BCUT2D eigenvalue weighted by Crippen LogP contribution is 2.25. The number of likely N-dealkylation sites (N-methyl/N-ethyl adjacent to an activating group) is 1. The van der Waals surface area contributed by atoms with Crippen molar-refractivity contribution in [2.45, 2.75) is 24.8 Å². The molecule has 0 N–H and O–H groups in total. The molecule has 0 heterocycles. The summed E-state index contributed by atoms with van der Waals surface area (Å²) in [4.78, 5) is 1.99. The van der Waals surface area contributed by atoms with Crippen LogP contribution >= 0.6 is 0 Å². The highest BCUT2D eigenvalue weighted by Gasteiger charge is 2.30. The summed E-state index contributed by atoms with van der Waals surface area (Å²) in [6.45, 7) is 0. The Hall–Kier alpha value is -0.810. The molecule has 0 aromatic heterocycles. The van der Waals surface area contributed by atoms with Crippen LogP contribution in [-0.4, -0.2) is 24.5 Å². The van der Waals surface area contributed by atoms with Crippen molar-refractivity contribution in [2.75, 3.05) is 14.1 Å². The number of hydrogen-bond donors (Lipinski definition) is 0. The fourth-order valence-electron chi connectivity index (χ4n) is 1.42. The van der Waals surface area contributed by atoms with Crippen LogP contribution in [0, 0.1) is 11.3 Å². The average Bonchev–Trinajstić information content (AvgIpc) is 2.05. The van der Waals surface area contributed by atoms with Gasteiger partial charge >= 0.3 is 0 Å². The van der Waals surface area contributed by atoms with Gasteiger partial charge in [-0.25, -0.2) is 0 Å². The Morgan fingerprint density at radius 3 is 2.55 bits per heavy atom. The van der Waals surface area contributed by atoms with E-state index in [0.717, 1.165) is 19.3 Å². The standard InChI is InChI=1S/C9H14N2/c1-11(2)9(8-10)6-4-3-5-7-9/h4,6H,3,5,7H2,1-2H3. The summed E-state index contributed by atoms with van der Waals surface area (Å²) >= 11 is 0. The van der Waals surface area contributed by atoms with Crippen molar-refractivity contribution < 1.29 is 0 Å². The van der Waals surface area contributed by atoms with Crippen molar-refractivity contribution in [3.05, 3.63) is 12.2 Å². The molecule has 0 bridgehead atoms. The van der Waals surface area contributed by atoms with Gasteiger partial charge in [0.2, 0.25) is 0 Å². The number of allylic oxidation sites excluding steroid dienone is 1. The van der Waals surface area contributed by atoms with E-state index in [4.69, 9.17) is 5.26 Å². The van der Waals surface area contributed by atoms with Gasteiger partial charge in [0.15, 0.2) is 0 Å². The molecule has 0 aliphatic heterocycles. The molecule has 0 fully saturated rings. The summed E-state index contributed by atoms with van der Waals surface area (Å²) in [6, 6.07) is 2.36. The highest BCUT2D eigenvalue weighted by atomic mass is 15.1. The summed E-state index contributed by atoms with van der Waals surface area (Å²) in [6.07, 6.45) is 7.34. The van der Waals surface area contributed by atoms with E-state index in [-0.39, 0.29) is 5.54 Å². The Morgan fingerprint density at radius 1 is 1.55 bits per heavy atom. The lowest BCUT2D eigenvalue weighted by Gasteiger charge is -2.32. The summed E-state index contributed by atoms with van der Waals surface area (Å²) in [5.74, 6) is 0. The monoisotopic (exact) mass is 150 g/mol. The number of nitrogens with zero attached hydrogens (tertiary/aromatic N) is 2. The van der Waals surface area contributed by atoms with Crippen molar-refractivity contribution in [3.63, 3.8) is 0 Å². The highest BCUT2D eigenvalue weighted by molar-refractivity contribution is 5.21. The van der Waals surface area contributed by atoms with Crippen molar-refractivity contribution in [1.29, 1.82) is 5.26 Å². The van der Waals surface area contributed by atoms with Crippen LogP contribution in [-0.2, 0) is 0 Å². The molecular weight excluding hydrogens is 136 g/mol. The SMILES string of the molecule is CN(C)C1(C#N)C=CCCC1. The van der Waals surface area contributed by atoms with Crippen LogP contribution in [0.5, 0.6) is 0 Å². The first-order chi connectivity index (χ1) is 5.21. The number of hydrogen-bond acceptors (Lipinski definition) is 2. The van der Waals surface area contributed by atoms with Crippen LogP contribution in [0.25, 0.3) is 0 Å². The van der Waals surface area contributed by atoms with Gasteiger partial charge in [-0.2, -0.15) is 5.26 Å². The second-order valence-electron chi connectivity index (χ2n) is 3.23. The van der Waals surface area contributed by atoms with Gasteiger partial charge in [-0.05, 0) is 33.4 Å². The lowest BCUT2D eigenvalue weighted by Crippen LogP contribution is -2.41. The molecule has 0 aromatic rings. The molecule has 1 aliphatic rings. The van der Waals surface area contributed by atoms with Crippen molar-refractivity contribution in [1.82, 2.24) is 4.90 Å². The maximum Gasteiger partial charge on any atom is 0.127 e. The first kappa shape index (κ1) is 8.29. The summed E-state index contributed by atoms with van der Waals surface area (Å²) < 4.78 is 0. The van der Waals surface area contributed by atoms with E-state index in [0.29, 0.717) is 0 Å². The van der Waals surface area contributed by atoms with E-state index < -0.39 is 0 Å². The second-order valence-corrected chi connectivity index (χ2v) is 3.23. The fourth-order valence-corrected chi connectivity index (χ4v) is 1.42. The van der Waals surface area contributed by atoms with Gasteiger partial charge in [0.1, 0.15) is 5.54 Å². The first-order valence-corrected chi connectivity index (χ1v) is 3.98. The molecule has 0 spiro atoms. The second kappa shape index (κ2) is 3.06. The van der Waals surface area contributed by atoms with E-state index in [2.05, 4.69) is 12.1 Å². The average molecular weight is 150 g/mol. The summed E-state index contributed by atoms with van der Waals surface area (Å²) in [7, 11) is 3.91. The Labute approximate surface area is 68.1 Å². The molecule has 0 saturated heterocycles. The van der Waals surface area contributed by atoms with E-state index in [1.165, 1.54) is 0 Å². The van der Waals surface area contributed by atoms with Crippen LogP contribution in [0.4, 0.5) is 0 Å². The van der Waals surface area contributed by atoms with Crippen molar-refractivity contribution >= 4 is 0 Å².